The van der Waals surface area contributed by atoms with Crippen LogP contribution in [0.3, 0.4) is 0 Å². The van der Waals surface area contributed by atoms with Crippen LogP contribution in [0, 0.1) is 0 Å². The van der Waals surface area contributed by atoms with Crippen LogP contribution in [0.1, 0.15) is 19.0 Å². The summed E-state index contributed by atoms with van der Waals surface area (Å²) in [5.74, 6) is -1.77. The molecule has 2 saturated heterocycles. The van der Waals surface area contributed by atoms with Gasteiger partial charge in [0.25, 0.3) is 0 Å². The average Bonchev–Trinajstić information content (AvgIpc) is 2.87. The summed E-state index contributed by atoms with van der Waals surface area (Å²) in [6, 6.07) is -1.39. The fraction of sp³-hybridized carbons (Fsp3) is 0.600. The lowest BCUT2D eigenvalue weighted by Gasteiger charge is -2.35. The van der Waals surface area contributed by atoms with Crippen molar-refractivity contribution >= 4 is 21.7 Å². The van der Waals surface area contributed by atoms with Crippen LogP contribution in [0.2, 0.25) is 0 Å². The zero-order valence-electron chi connectivity index (χ0n) is 10.5. The first-order valence-electron chi connectivity index (χ1n) is 5.91. The van der Waals surface area contributed by atoms with E-state index in [0.717, 1.165) is 4.90 Å². The van der Waals surface area contributed by atoms with Gasteiger partial charge in [0.15, 0.2) is 15.9 Å². The molecule has 2 fully saturated rings. The Hall–Kier alpha value is -1.97. The van der Waals surface area contributed by atoms with Crippen LogP contribution in [0.15, 0.2) is 6.20 Å². The summed E-state index contributed by atoms with van der Waals surface area (Å²) in [4.78, 5) is 24.0. The zero-order chi connectivity index (χ0) is 14.7. The first kappa shape index (κ1) is 13.0. The predicted molar refractivity (Wildman–Crippen MR) is 64.1 cm³/mol. The molecule has 0 aromatic carbocycles. The highest BCUT2D eigenvalue weighted by molar-refractivity contribution is 7.93. The molecule has 3 atom stereocenters. The van der Waals surface area contributed by atoms with Gasteiger partial charge in [-0.05, 0) is 6.92 Å². The van der Waals surface area contributed by atoms with Crippen molar-refractivity contribution < 1.29 is 23.1 Å². The third kappa shape index (κ3) is 1.39. The van der Waals surface area contributed by atoms with Crippen LogP contribution in [0.25, 0.3) is 0 Å². The standard InChI is InChI=1S/C10H12N4O5S/c1-10(3-5-4-11-13-12-5)8(9(16)17)14-6(15)2-7(14)20(10,18)19/h4,7-8H,2-3H2,1H3,(H,16,17)(H,11,12,13)/t7?,8-,10?/m0/s1. The van der Waals surface area contributed by atoms with Gasteiger partial charge in [0, 0.05) is 6.42 Å². The molecule has 0 bridgehead atoms. The molecule has 1 aromatic rings. The number of nitrogens with one attached hydrogen (secondary N) is 1. The summed E-state index contributed by atoms with van der Waals surface area (Å²) in [5, 5.41) is 18.0. The SMILES string of the molecule is CC1(Cc2cn[nH]n2)[C@H](C(=O)O)N2C(=O)CC2S1(=O)=O. The third-order valence-corrected chi connectivity index (χ3v) is 6.82. The van der Waals surface area contributed by atoms with Gasteiger partial charge in [0.1, 0.15) is 10.1 Å². The Morgan fingerprint density at radius 3 is 2.85 bits per heavy atom. The van der Waals surface area contributed by atoms with Crippen LogP contribution in [0.5, 0.6) is 0 Å². The van der Waals surface area contributed by atoms with Gasteiger partial charge in [-0.15, -0.1) is 0 Å². The molecular formula is C10H12N4O5S. The van der Waals surface area contributed by atoms with Gasteiger partial charge in [-0.2, -0.15) is 15.4 Å². The molecule has 10 heteroatoms. The molecule has 3 rings (SSSR count). The number of carbonyl (C=O) groups excluding carboxylic acids is 1. The normalized spacial score (nSPS) is 34.6. The number of H-pyrrole nitrogens is 1. The number of aromatic amines is 1. The first-order valence-corrected chi connectivity index (χ1v) is 7.46. The van der Waals surface area contributed by atoms with E-state index in [2.05, 4.69) is 15.4 Å². The van der Waals surface area contributed by atoms with Crippen molar-refractivity contribution in [3.8, 4) is 0 Å². The van der Waals surface area contributed by atoms with E-state index in [1.807, 2.05) is 0 Å². The smallest absolute Gasteiger partial charge is 0.328 e. The van der Waals surface area contributed by atoms with Crippen molar-refractivity contribution in [2.45, 2.75) is 35.9 Å². The zero-order valence-corrected chi connectivity index (χ0v) is 11.3. The van der Waals surface area contributed by atoms with Crippen LogP contribution < -0.4 is 0 Å². The molecule has 20 heavy (non-hydrogen) atoms. The number of sulfone groups is 1. The van der Waals surface area contributed by atoms with Gasteiger partial charge in [-0.25, -0.2) is 13.2 Å². The van der Waals surface area contributed by atoms with Gasteiger partial charge in [-0.1, -0.05) is 0 Å². The molecule has 2 N–H and O–H groups in total. The number of carboxylic acids is 1. The van der Waals surface area contributed by atoms with Crippen LogP contribution >= 0.6 is 0 Å². The highest BCUT2D eigenvalue weighted by atomic mass is 32.2. The summed E-state index contributed by atoms with van der Waals surface area (Å²) in [5.41, 5.74) is 0.345. The predicted octanol–water partition coefficient (Wildman–Crippen LogP) is -1.45. The molecule has 1 amide bonds. The van der Waals surface area contributed by atoms with Gasteiger partial charge in [-0.3, -0.25) is 4.79 Å². The van der Waals surface area contributed by atoms with Crippen molar-refractivity contribution in [1.29, 1.82) is 0 Å². The molecule has 108 valence electrons. The molecule has 0 spiro atoms. The van der Waals surface area contributed by atoms with Gasteiger partial charge >= 0.3 is 5.97 Å². The van der Waals surface area contributed by atoms with E-state index in [9.17, 15) is 23.1 Å². The fourth-order valence-electron chi connectivity index (χ4n) is 2.98. The molecule has 2 aliphatic heterocycles. The number of amides is 1. The Morgan fingerprint density at radius 2 is 2.35 bits per heavy atom. The maximum absolute atomic E-state index is 12.5. The lowest BCUT2D eigenvalue weighted by molar-refractivity contribution is -0.157. The summed E-state index contributed by atoms with van der Waals surface area (Å²) in [6.45, 7) is 1.35. The number of aromatic nitrogens is 3. The number of β-lactam (4-membered cyclic amide) rings is 1. The molecular weight excluding hydrogens is 288 g/mol. The van der Waals surface area contributed by atoms with E-state index in [1.165, 1.54) is 13.1 Å². The number of hydrogen-bond acceptors (Lipinski definition) is 6. The number of carbonyl (C=O) groups is 2. The van der Waals surface area contributed by atoms with Crippen molar-refractivity contribution in [1.82, 2.24) is 20.3 Å². The van der Waals surface area contributed by atoms with E-state index in [1.54, 1.807) is 0 Å². The number of carboxylic acid groups (broad SMARTS) is 1. The molecule has 2 unspecified atom stereocenters. The second-order valence-electron chi connectivity index (χ2n) is 5.20. The Bertz CT molecular complexity index is 685. The second-order valence-corrected chi connectivity index (χ2v) is 7.76. The van der Waals surface area contributed by atoms with Crippen molar-refractivity contribution in [3.63, 3.8) is 0 Å². The van der Waals surface area contributed by atoms with E-state index in [0.29, 0.717) is 5.69 Å². The van der Waals surface area contributed by atoms with Crippen LogP contribution in [0.4, 0.5) is 0 Å². The number of nitrogens with zero attached hydrogens (tertiary/aromatic N) is 3. The molecule has 3 heterocycles. The molecule has 9 nitrogen and oxygen atoms in total. The first-order chi connectivity index (χ1) is 9.29. The maximum atomic E-state index is 12.5. The van der Waals surface area contributed by atoms with Crippen molar-refractivity contribution in [2.24, 2.45) is 0 Å². The Kier molecular flexibility index (Phi) is 2.46. The highest BCUT2D eigenvalue weighted by Gasteiger charge is 2.69. The summed E-state index contributed by atoms with van der Waals surface area (Å²) in [6.07, 6.45) is 1.08. The second kappa shape index (κ2) is 3.78. The minimum Gasteiger partial charge on any atom is -0.480 e. The summed E-state index contributed by atoms with van der Waals surface area (Å²) in [7, 11) is -3.79. The topological polar surface area (TPSA) is 133 Å². The molecule has 0 aliphatic carbocycles. The maximum Gasteiger partial charge on any atom is 0.328 e. The molecule has 2 aliphatic rings. The minimum atomic E-state index is -3.79. The van der Waals surface area contributed by atoms with E-state index in [4.69, 9.17) is 0 Å². The molecule has 0 radical (unpaired) electrons. The molecule has 0 saturated carbocycles. The number of hydrogen-bond donors (Lipinski definition) is 2. The monoisotopic (exact) mass is 300 g/mol. The average molecular weight is 300 g/mol. The van der Waals surface area contributed by atoms with Gasteiger partial charge in [0.05, 0.1) is 18.3 Å². The van der Waals surface area contributed by atoms with Crippen LogP contribution in [-0.4, -0.2) is 61.9 Å². The molecule has 1 aromatic heterocycles. The number of rotatable bonds is 3. The Labute approximate surface area is 113 Å². The van der Waals surface area contributed by atoms with Crippen LogP contribution in [-0.2, 0) is 25.8 Å². The third-order valence-electron chi connectivity index (χ3n) is 4.04. The van der Waals surface area contributed by atoms with Crippen molar-refractivity contribution in [3.05, 3.63) is 11.9 Å². The number of aliphatic carboxylic acids is 1. The van der Waals surface area contributed by atoms with Crippen molar-refractivity contribution in [2.75, 3.05) is 0 Å². The largest absolute Gasteiger partial charge is 0.480 e. The number of fused-ring (bicyclic) bond motifs is 1. The Morgan fingerprint density at radius 1 is 1.65 bits per heavy atom. The van der Waals surface area contributed by atoms with Gasteiger partial charge < -0.3 is 10.0 Å². The van der Waals surface area contributed by atoms with E-state index < -0.39 is 37.9 Å². The Balaban J connectivity index is 2.10. The fourth-order valence-corrected chi connectivity index (χ4v) is 5.38. The van der Waals surface area contributed by atoms with E-state index >= 15 is 0 Å². The quantitative estimate of drug-likeness (QED) is 0.652. The lowest BCUT2D eigenvalue weighted by Crippen LogP contribution is -2.57. The highest BCUT2D eigenvalue weighted by Crippen LogP contribution is 2.47. The minimum absolute atomic E-state index is 0.108. The summed E-state index contributed by atoms with van der Waals surface area (Å²) < 4.78 is 23.5. The van der Waals surface area contributed by atoms with Gasteiger partial charge in [0.2, 0.25) is 5.91 Å². The lowest BCUT2D eigenvalue weighted by atomic mass is 9.92. The summed E-state index contributed by atoms with van der Waals surface area (Å²) >= 11 is 0. The van der Waals surface area contributed by atoms with E-state index in [-0.39, 0.29) is 12.8 Å².